The normalized spacial score (nSPS) is 21.4. The number of rotatable bonds is 8. The SMILES string of the molecule is CC(C)(C)C1CCC2(CC1)N=C(c1cccc(C(F)(F)F)c1)C(=O)N2CCc1ccc(C(=O)NCCC=O)cc1. The molecule has 1 saturated carbocycles. The maximum absolute atomic E-state index is 13.7. The summed E-state index contributed by atoms with van der Waals surface area (Å²) in [5, 5.41) is 2.68. The number of carbonyl (C=O) groups excluding carboxylic acids is 3. The second kappa shape index (κ2) is 11.6. The molecule has 1 aliphatic heterocycles. The maximum Gasteiger partial charge on any atom is 0.416 e. The lowest BCUT2D eigenvalue weighted by molar-refractivity contribution is -0.137. The number of hydrogen-bond donors (Lipinski definition) is 1. The first-order chi connectivity index (χ1) is 18.8. The first-order valence-corrected chi connectivity index (χ1v) is 13.7. The van der Waals surface area contributed by atoms with E-state index in [1.165, 1.54) is 12.1 Å². The van der Waals surface area contributed by atoms with Gasteiger partial charge in [-0.2, -0.15) is 13.2 Å². The van der Waals surface area contributed by atoms with Crippen molar-refractivity contribution in [2.24, 2.45) is 16.3 Å². The van der Waals surface area contributed by atoms with Crippen molar-refractivity contribution >= 4 is 23.8 Å². The number of carbonyl (C=O) groups is 3. The summed E-state index contributed by atoms with van der Waals surface area (Å²) < 4.78 is 40.3. The Morgan fingerprint density at radius 2 is 1.77 bits per heavy atom. The van der Waals surface area contributed by atoms with Gasteiger partial charge >= 0.3 is 6.18 Å². The average molecular weight is 556 g/mol. The Balaban J connectivity index is 1.55. The van der Waals surface area contributed by atoms with Crippen LogP contribution in [0.1, 0.15) is 79.9 Å². The molecule has 2 aromatic carbocycles. The second-order valence-electron chi connectivity index (χ2n) is 11.8. The van der Waals surface area contributed by atoms with Gasteiger partial charge in [-0.25, -0.2) is 0 Å². The van der Waals surface area contributed by atoms with E-state index in [9.17, 15) is 27.6 Å². The maximum atomic E-state index is 13.7. The van der Waals surface area contributed by atoms with Crippen LogP contribution in [-0.2, 0) is 22.2 Å². The number of benzene rings is 2. The molecule has 1 fully saturated rings. The molecule has 6 nitrogen and oxygen atoms in total. The Hall–Kier alpha value is -3.49. The number of aliphatic imine (C=N–C) groups is 1. The van der Waals surface area contributed by atoms with Crippen LogP contribution >= 0.6 is 0 Å². The molecule has 9 heteroatoms. The van der Waals surface area contributed by atoms with Gasteiger partial charge in [0.2, 0.25) is 0 Å². The van der Waals surface area contributed by atoms with Gasteiger partial charge in [-0.3, -0.25) is 14.6 Å². The van der Waals surface area contributed by atoms with Crippen LogP contribution in [0.4, 0.5) is 13.2 Å². The lowest BCUT2D eigenvalue weighted by atomic mass is 9.69. The zero-order valence-electron chi connectivity index (χ0n) is 23.2. The van der Waals surface area contributed by atoms with E-state index >= 15 is 0 Å². The van der Waals surface area contributed by atoms with E-state index in [1.807, 2.05) is 12.1 Å². The number of amides is 2. The highest BCUT2D eigenvalue weighted by molar-refractivity contribution is 6.46. The number of nitrogens with one attached hydrogen (secondary N) is 1. The van der Waals surface area contributed by atoms with Crippen LogP contribution in [0.3, 0.4) is 0 Å². The minimum Gasteiger partial charge on any atom is -0.352 e. The zero-order chi connectivity index (χ0) is 29.1. The van der Waals surface area contributed by atoms with Crippen LogP contribution in [0.25, 0.3) is 0 Å². The molecule has 40 heavy (non-hydrogen) atoms. The molecule has 0 atom stereocenters. The molecule has 0 radical (unpaired) electrons. The minimum absolute atomic E-state index is 0.0858. The second-order valence-corrected chi connectivity index (χ2v) is 11.8. The molecular weight excluding hydrogens is 519 g/mol. The van der Waals surface area contributed by atoms with Crippen molar-refractivity contribution in [3.05, 3.63) is 70.8 Å². The molecule has 2 aromatic rings. The summed E-state index contributed by atoms with van der Waals surface area (Å²) >= 11 is 0. The molecular formula is C31H36F3N3O3. The molecule has 1 heterocycles. The largest absolute Gasteiger partial charge is 0.416 e. The summed E-state index contributed by atoms with van der Waals surface area (Å²) in [4.78, 5) is 43.1. The first-order valence-electron chi connectivity index (χ1n) is 13.7. The minimum atomic E-state index is -4.52. The van der Waals surface area contributed by atoms with E-state index in [0.29, 0.717) is 37.3 Å². The van der Waals surface area contributed by atoms with Gasteiger partial charge in [-0.15, -0.1) is 0 Å². The Labute approximate surface area is 233 Å². The van der Waals surface area contributed by atoms with Crippen molar-refractivity contribution in [1.82, 2.24) is 10.2 Å². The van der Waals surface area contributed by atoms with Crippen molar-refractivity contribution < 1.29 is 27.6 Å². The van der Waals surface area contributed by atoms with Gasteiger partial charge in [0, 0.05) is 30.6 Å². The van der Waals surface area contributed by atoms with Gasteiger partial charge in [0.15, 0.2) is 0 Å². The number of halogens is 3. The van der Waals surface area contributed by atoms with Crippen molar-refractivity contribution in [1.29, 1.82) is 0 Å². The van der Waals surface area contributed by atoms with E-state index in [-0.39, 0.29) is 41.5 Å². The van der Waals surface area contributed by atoms with Crippen LogP contribution in [0.15, 0.2) is 53.5 Å². The molecule has 0 aromatic heterocycles. The molecule has 1 aliphatic carbocycles. The molecule has 2 amide bonds. The fourth-order valence-corrected chi connectivity index (χ4v) is 5.71. The molecule has 0 saturated heterocycles. The summed E-state index contributed by atoms with van der Waals surface area (Å²) in [5.74, 6) is -0.148. The van der Waals surface area contributed by atoms with Gasteiger partial charge in [-0.1, -0.05) is 45.0 Å². The highest BCUT2D eigenvalue weighted by atomic mass is 19.4. The van der Waals surface area contributed by atoms with Crippen LogP contribution < -0.4 is 5.32 Å². The first kappa shape index (κ1) is 29.5. The Bertz CT molecular complexity index is 1270. The molecule has 1 N–H and O–H groups in total. The fraction of sp³-hybridized carbons (Fsp3) is 0.484. The fourth-order valence-electron chi connectivity index (χ4n) is 5.71. The highest BCUT2D eigenvalue weighted by Gasteiger charge is 2.50. The number of alkyl halides is 3. The van der Waals surface area contributed by atoms with Gasteiger partial charge in [0.1, 0.15) is 17.7 Å². The standard InChI is InChI=1S/C31H36F3N3O3/c1-29(2,3)24-12-15-30(16-13-24)36-26(23-6-4-7-25(20-23)31(32,33)34)28(40)37(30)18-14-21-8-10-22(11-9-21)27(39)35-17-5-19-38/h4,6-11,19-20,24H,5,12-18H2,1-3H3,(H,35,39). The number of aldehydes is 1. The molecule has 4 rings (SSSR count). The summed E-state index contributed by atoms with van der Waals surface area (Å²) in [6.07, 6.45) is 0.0454. The van der Waals surface area contributed by atoms with E-state index in [4.69, 9.17) is 4.99 Å². The number of hydrogen-bond acceptors (Lipinski definition) is 4. The lowest BCUT2D eigenvalue weighted by Gasteiger charge is -2.45. The van der Waals surface area contributed by atoms with Crippen molar-refractivity contribution in [2.45, 2.75) is 71.1 Å². The van der Waals surface area contributed by atoms with Gasteiger partial charge in [-0.05, 0) is 73.3 Å². The lowest BCUT2D eigenvalue weighted by Crippen LogP contribution is -2.50. The van der Waals surface area contributed by atoms with E-state index in [1.54, 1.807) is 17.0 Å². The third-order valence-electron chi connectivity index (χ3n) is 8.13. The van der Waals surface area contributed by atoms with Crippen LogP contribution in [-0.4, -0.2) is 47.5 Å². The van der Waals surface area contributed by atoms with Crippen LogP contribution in [0, 0.1) is 11.3 Å². The predicted octanol–water partition coefficient (Wildman–Crippen LogP) is 5.83. The van der Waals surface area contributed by atoms with Crippen molar-refractivity contribution in [3.63, 3.8) is 0 Å². The van der Waals surface area contributed by atoms with Gasteiger partial charge in [0.05, 0.1) is 5.56 Å². The third kappa shape index (κ3) is 6.45. The number of nitrogens with zero attached hydrogens (tertiary/aromatic N) is 2. The van der Waals surface area contributed by atoms with Gasteiger partial charge in [0.25, 0.3) is 11.8 Å². The van der Waals surface area contributed by atoms with Crippen molar-refractivity contribution in [3.8, 4) is 0 Å². The van der Waals surface area contributed by atoms with Gasteiger partial charge < -0.3 is 15.0 Å². The summed E-state index contributed by atoms with van der Waals surface area (Å²) in [7, 11) is 0. The molecule has 1 spiro atoms. The zero-order valence-corrected chi connectivity index (χ0v) is 23.2. The summed E-state index contributed by atoms with van der Waals surface area (Å²) in [5.41, 5.74) is 0.194. The smallest absolute Gasteiger partial charge is 0.352 e. The monoisotopic (exact) mass is 555 g/mol. The molecule has 0 bridgehead atoms. The predicted molar refractivity (Wildman–Crippen MR) is 147 cm³/mol. The summed E-state index contributed by atoms with van der Waals surface area (Å²) in [6.45, 7) is 7.24. The highest BCUT2D eigenvalue weighted by Crippen LogP contribution is 2.46. The molecule has 214 valence electrons. The van der Waals surface area contributed by atoms with E-state index in [0.717, 1.165) is 36.8 Å². The molecule has 0 unspecified atom stereocenters. The molecule has 2 aliphatic rings. The van der Waals surface area contributed by atoms with E-state index < -0.39 is 17.4 Å². The van der Waals surface area contributed by atoms with Crippen molar-refractivity contribution in [2.75, 3.05) is 13.1 Å². The third-order valence-corrected chi connectivity index (χ3v) is 8.13. The van der Waals surface area contributed by atoms with Crippen LogP contribution in [0.5, 0.6) is 0 Å². The Morgan fingerprint density at radius 3 is 2.38 bits per heavy atom. The van der Waals surface area contributed by atoms with E-state index in [2.05, 4.69) is 26.1 Å². The van der Waals surface area contributed by atoms with Crippen LogP contribution in [0.2, 0.25) is 0 Å². The average Bonchev–Trinajstić information content (AvgIpc) is 3.17. The summed E-state index contributed by atoms with van der Waals surface area (Å²) in [6, 6.07) is 11.9. The Kier molecular flexibility index (Phi) is 8.52. The topological polar surface area (TPSA) is 78.8 Å². The Morgan fingerprint density at radius 1 is 1.10 bits per heavy atom. The quantitative estimate of drug-likeness (QED) is 0.329.